The minimum absolute atomic E-state index is 0.0693. The van der Waals surface area contributed by atoms with Crippen LogP contribution in [0.15, 0.2) is 0 Å². The lowest BCUT2D eigenvalue weighted by Gasteiger charge is -2.19. The highest BCUT2D eigenvalue weighted by Crippen LogP contribution is 2.06. The predicted octanol–water partition coefficient (Wildman–Crippen LogP) is -0.435. The van der Waals surface area contributed by atoms with E-state index in [0.29, 0.717) is 19.6 Å². The third kappa shape index (κ3) is 5.01. The maximum absolute atomic E-state index is 11.9. The van der Waals surface area contributed by atoms with Gasteiger partial charge in [-0.2, -0.15) is 0 Å². The molecule has 1 saturated heterocycles. The number of ether oxygens (including phenoxy) is 1. The number of nitrogens with one attached hydrogen (secondary N) is 1. The zero-order valence-electron chi connectivity index (χ0n) is 10.1. The van der Waals surface area contributed by atoms with Crippen LogP contribution in [0, 0.1) is 0 Å². The van der Waals surface area contributed by atoms with Crippen LogP contribution in [0.4, 0.5) is 0 Å². The number of hydrogen-bond acceptors (Lipinski definition) is 5. The molecule has 0 amide bonds. The molecular weight excluding hydrogens is 244 g/mol. The van der Waals surface area contributed by atoms with Gasteiger partial charge in [0.2, 0.25) is 10.0 Å². The Morgan fingerprint density at radius 2 is 2.12 bits per heavy atom. The average molecular weight is 264 g/mol. The molecule has 0 spiro atoms. The second kappa shape index (κ2) is 6.93. The third-order valence-electron chi connectivity index (χ3n) is 2.56. The Bertz CT molecular complexity index is 334. The molecule has 1 fully saturated rings. The maximum Gasteiger partial charge on any atom is 0.306 e. The summed E-state index contributed by atoms with van der Waals surface area (Å²) in [7, 11) is -3.33. The summed E-state index contributed by atoms with van der Waals surface area (Å²) >= 11 is 0. The Morgan fingerprint density at radius 3 is 2.82 bits per heavy atom. The first kappa shape index (κ1) is 14.4. The molecule has 17 heavy (non-hydrogen) atoms. The monoisotopic (exact) mass is 264 g/mol. The number of rotatable bonds is 5. The Balaban J connectivity index is 2.46. The fourth-order valence-corrected chi connectivity index (χ4v) is 3.13. The smallest absolute Gasteiger partial charge is 0.306 e. The average Bonchev–Trinajstić information content (AvgIpc) is 2.56. The molecular formula is C10H20N2O4S. The highest BCUT2D eigenvalue weighted by Gasteiger charge is 2.23. The van der Waals surface area contributed by atoms with Gasteiger partial charge in [-0.1, -0.05) is 0 Å². The van der Waals surface area contributed by atoms with Gasteiger partial charge in [0.15, 0.2) is 0 Å². The van der Waals surface area contributed by atoms with Crippen molar-refractivity contribution in [1.82, 2.24) is 9.62 Å². The van der Waals surface area contributed by atoms with Crippen molar-refractivity contribution in [3.8, 4) is 0 Å². The van der Waals surface area contributed by atoms with Gasteiger partial charge in [-0.05, 0) is 19.9 Å². The highest BCUT2D eigenvalue weighted by molar-refractivity contribution is 7.89. The Kier molecular flexibility index (Phi) is 5.87. The van der Waals surface area contributed by atoms with E-state index < -0.39 is 16.0 Å². The highest BCUT2D eigenvalue weighted by atomic mass is 32.2. The Hall–Kier alpha value is -0.660. The summed E-state index contributed by atoms with van der Waals surface area (Å²) in [5.41, 5.74) is 0. The number of nitrogens with zero attached hydrogens (tertiary/aromatic N) is 1. The van der Waals surface area contributed by atoms with Crippen molar-refractivity contribution >= 4 is 16.0 Å². The second-order valence-electron chi connectivity index (χ2n) is 3.87. The summed E-state index contributed by atoms with van der Waals surface area (Å²) in [6.45, 7) is 4.49. The molecule has 0 bridgehead atoms. The number of carbonyl (C=O) groups excluding carboxylic acids is 1. The molecule has 0 unspecified atom stereocenters. The first-order valence-corrected chi connectivity index (χ1v) is 7.51. The van der Waals surface area contributed by atoms with Gasteiger partial charge in [-0.25, -0.2) is 12.7 Å². The number of carbonyl (C=O) groups is 1. The first-order valence-electron chi connectivity index (χ1n) is 5.90. The van der Waals surface area contributed by atoms with Crippen molar-refractivity contribution in [2.24, 2.45) is 0 Å². The lowest BCUT2D eigenvalue weighted by atomic mass is 10.4. The van der Waals surface area contributed by atoms with E-state index in [4.69, 9.17) is 4.74 Å². The fraction of sp³-hybridized carbons (Fsp3) is 0.900. The molecule has 1 heterocycles. The lowest BCUT2D eigenvalue weighted by Crippen LogP contribution is -2.36. The summed E-state index contributed by atoms with van der Waals surface area (Å²) in [5.74, 6) is -0.615. The minimum atomic E-state index is -3.33. The molecule has 1 rings (SSSR count). The van der Waals surface area contributed by atoms with Crippen molar-refractivity contribution < 1.29 is 17.9 Å². The van der Waals surface area contributed by atoms with Crippen LogP contribution in [-0.2, 0) is 19.6 Å². The lowest BCUT2D eigenvalue weighted by molar-refractivity contribution is -0.142. The van der Waals surface area contributed by atoms with Gasteiger partial charge in [0.25, 0.3) is 0 Å². The summed E-state index contributed by atoms with van der Waals surface area (Å²) in [4.78, 5) is 11.1. The van der Waals surface area contributed by atoms with Gasteiger partial charge in [0.1, 0.15) is 0 Å². The fourth-order valence-electron chi connectivity index (χ4n) is 1.67. The zero-order valence-corrected chi connectivity index (χ0v) is 11.0. The van der Waals surface area contributed by atoms with Crippen molar-refractivity contribution in [3.05, 3.63) is 0 Å². The van der Waals surface area contributed by atoms with Crippen LogP contribution in [0.2, 0.25) is 0 Å². The predicted molar refractivity (Wildman–Crippen MR) is 64.1 cm³/mol. The van der Waals surface area contributed by atoms with E-state index in [1.807, 2.05) is 0 Å². The van der Waals surface area contributed by atoms with Crippen LogP contribution in [0.25, 0.3) is 0 Å². The van der Waals surface area contributed by atoms with Crippen molar-refractivity contribution in [2.45, 2.75) is 19.8 Å². The standard InChI is InChI=1S/C10H20N2O4S/c1-2-16-10(13)4-9-17(14,15)12-7-3-5-11-6-8-12/h11H,2-9H2,1H3. The molecule has 0 aromatic rings. The maximum atomic E-state index is 11.9. The SMILES string of the molecule is CCOC(=O)CCS(=O)(=O)N1CCCNCC1. The molecule has 0 aliphatic carbocycles. The summed E-state index contributed by atoms with van der Waals surface area (Å²) in [6, 6.07) is 0. The summed E-state index contributed by atoms with van der Waals surface area (Å²) in [5, 5.41) is 3.14. The molecule has 0 saturated carbocycles. The third-order valence-corrected chi connectivity index (χ3v) is 4.43. The first-order chi connectivity index (χ1) is 8.06. The molecule has 0 radical (unpaired) electrons. The van der Waals surface area contributed by atoms with Crippen LogP contribution in [0.5, 0.6) is 0 Å². The second-order valence-corrected chi connectivity index (χ2v) is 5.96. The van der Waals surface area contributed by atoms with Crippen LogP contribution in [0.3, 0.4) is 0 Å². The molecule has 1 N–H and O–H groups in total. The van der Waals surface area contributed by atoms with Gasteiger partial charge in [0, 0.05) is 19.6 Å². The topological polar surface area (TPSA) is 75.7 Å². The Morgan fingerprint density at radius 1 is 1.35 bits per heavy atom. The number of hydrogen-bond donors (Lipinski definition) is 1. The van der Waals surface area contributed by atoms with E-state index in [0.717, 1.165) is 13.0 Å². The molecule has 1 aliphatic heterocycles. The minimum Gasteiger partial charge on any atom is -0.466 e. The van der Waals surface area contributed by atoms with E-state index in [1.165, 1.54) is 4.31 Å². The molecule has 0 atom stereocenters. The van der Waals surface area contributed by atoms with Crippen LogP contribution in [-0.4, -0.2) is 57.2 Å². The van der Waals surface area contributed by atoms with Crippen molar-refractivity contribution in [1.29, 1.82) is 0 Å². The van der Waals surface area contributed by atoms with E-state index in [2.05, 4.69) is 5.32 Å². The van der Waals surface area contributed by atoms with Gasteiger partial charge >= 0.3 is 5.97 Å². The Labute approximate surface area is 102 Å². The summed E-state index contributed by atoms with van der Waals surface area (Å²) in [6.07, 6.45) is 0.735. The van der Waals surface area contributed by atoms with Gasteiger partial charge < -0.3 is 10.1 Å². The largest absolute Gasteiger partial charge is 0.466 e. The molecule has 0 aromatic carbocycles. The van der Waals surface area contributed by atoms with Gasteiger partial charge in [-0.3, -0.25) is 4.79 Å². The van der Waals surface area contributed by atoms with Crippen molar-refractivity contribution in [3.63, 3.8) is 0 Å². The van der Waals surface area contributed by atoms with E-state index in [9.17, 15) is 13.2 Å². The van der Waals surface area contributed by atoms with Gasteiger partial charge in [0.05, 0.1) is 18.8 Å². The molecule has 1 aliphatic rings. The number of sulfonamides is 1. The van der Waals surface area contributed by atoms with E-state index in [-0.39, 0.29) is 18.8 Å². The quantitative estimate of drug-likeness (QED) is 0.682. The zero-order chi connectivity index (χ0) is 12.7. The molecule has 6 nitrogen and oxygen atoms in total. The van der Waals surface area contributed by atoms with Crippen LogP contribution in [0.1, 0.15) is 19.8 Å². The molecule has 100 valence electrons. The van der Waals surface area contributed by atoms with E-state index >= 15 is 0 Å². The van der Waals surface area contributed by atoms with Gasteiger partial charge in [-0.15, -0.1) is 0 Å². The van der Waals surface area contributed by atoms with E-state index in [1.54, 1.807) is 6.92 Å². The van der Waals surface area contributed by atoms with Crippen LogP contribution < -0.4 is 5.32 Å². The summed E-state index contributed by atoms with van der Waals surface area (Å²) < 4.78 is 30.0. The number of esters is 1. The van der Waals surface area contributed by atoms with Crippen molar-refractivity contribution in [2.75, 3.05) is 38.5 Å². The normalized spacial score (nSPS) is 18.6. The molecule has 0 aromatic heterocycles. The van der Waals surface area contributed by atoms with Crippen LogP contribution >= 0.6 is 0 Å². The molecule has 7 heteroatoms.